The number of hydrogen-bond acceptors (Lipinski definition) is 3. The van der Waals surface area contributed by atoms with E-state index in [1.54, 1.807) is 0 Å². The van der Waals surface area contributed by atoms with Crippen molar-refractivity contribution in [3.05, 3.63) is 24.3 Å². The number of rotatable bonds is 4. The van der Waals surface area contributed by atoms with Gasteiger partial charge in [-0.2, -0.15) is 0 Å². The van der Waals surface area contributed by atoms with Gasteiger partial charge in [0.15, 0.2) is 0 Å². The van der Waals surface area contributed by atoms with Gasteiger partial charge < -0.3 is 10.1 Å². The van der Waals surface area contributed by atoms with Crippen molar-refractivity contribution in [2.24, 2.45) is 5.16 Å². The second-order valence-corrected chi connectivity index (χ2v) is 3.63. The van der Waals surface area contributed by atoms with E-state index >= 15 is 0 Å². The van der Waals surface area contributed by atoms with Crippen LogP contribution in [0.2, 0.25) is 0 Å². The first-order chi connectivity index (χ1) is 6.77. The molecule has 1 aliphatic heterocycles. The largest absolute Gasteiger partial charge is 0.411 e. The first-order valence-electron chi connectivity index (χ1n) is 4.97. The van der Waals surface area contributed by atoms with Gasteiger partial charge in [-0.15, -0.1) is 6.58 Å². The minimum Gasteiger partial charge on any atom is -0.411 e. The highest BCUT2D eigenvalue weighted by Gasteiger charge is 2.13. The van der Waals surface area contributed by atoms with Crippen LogP contribution in [-0.4, -0.2) is 36.0 Å². The number of likely N-dealkylation sites (N-methyl/N-ethyl adjacent to an activating group) is 1. The summed E-state index contributed by atoms with van der Waals surface area (Å²) in [7, 11) is 2.08. The SMILES string of the molecule is C=CCCC(=NO)C1=CCCN(C)C1. The van der Waals surface area contributed by atoms with E-state index in [0.717, 1.165) is 43.6 Å². The predicted octanol–water partition coefficient (Wildman–Crippen LogP) is 2.04. The van der Waals surface area contributed by atoms with Crippen LogP contribution in [0.25, 0.3) is 0 Å². The van der Waals surface area contributed by atoms with E-state index in [0.29, 0.717) is 0 Å². The van der Waals surface area contributed by atoms with Crippen LogP contribution in [0.15, 0.2) is 29.5 Å². The fraction of sp³-hybridized carbons (Fsp3) is 0.545. The number of hydrogen-bond donors (Lipinski definition) is 1. The normalized spacial score (nSPS) is 19.2. The van der Waals surface area contributed by atoms with Gasteiger partial charge in [0.25, 0.3) is 0 Å². The average Bonchev–Trinajstić information content (AvgIpc) is 2.19. The van der Waals surface area contributed by atoms with Crippen LogP contribution in [0.1, 0.15) is 19.3 Å². The van der Waals surface area contributed by atoms with Crippen LogP contribution in [0, 0.1) is 0 Å². The fourth-order valence-corrected chi connectivity index (χ4v) is 1.62. The van der Waals surface area contributed by atoms with Crippen molar-refractivity contribution >= 4 is 5.71 Å². The highest BCUT2D eigenvalue weighted by Crippen LogP contribution is 2.12. The summed E-state index contributed by atoms with van der Waals surface area (Å²) >= 11 is 0. The molecule has 78 valence electrons. The second kappa shape index (κ2) is 5.60. The molecule has 0 saturated carbocycles. The van der Waals surface area contributed by atoms with E-state index in [1.807, 2.05) is 6.08 Å². The van der Waals surface area contributed by atoms with Crippen LogP contribution in [0.5, 0.6) is 0 Å². The Bertz CT molecular complexity index is 256. The summed E-state index contributed by atoms with van der Waals surface area (Å²) in [6.45, 7) is 5.63. The van der Waals surface area contributed by atoms with Crippen molar-refractivity contribution < 1.29 is 5.21 Å². The molecule has 0 fully saturated rings. The summed E-state index contributed by atoms with van der Waals surface area (Å²) in [4.78, 5) is 2.23. The molecule has 0 amide bonds. The molecule has 0 aromatic heterocycles. The number of nitrogens with zero attached hydrogens (tertiary/aromatic N) is 2. The Morgan fingerprint density at radius 1 is 1.79 bits per heavy atom. The molecule has 0 radical (unpaired) electrons. The Hall–Kier alpha value is -1.09. The molecule has 0 aromatic carbocycles. The van der Waals surface area contributed by atoms with Crippen LogP contribution >= 0.6 is 0 Å². The lowest BCUT2D eigenvalue weighted by Gasteiger charge is -2.23. The molecule has 1 N–H and O–H groups in total. The fourth-order valence-electron chi connectivity index (χ4n) is 1.62. The third-order valence-electron chi connectivity index (χ3n) is 2.42. The lowest BCUT2D eigenvalue weighted by atomic mass is 10.0. The van der Waals surface area contributed by atoms with Gasteiger partial charge in [0.1, 0.15) is 0 Å². The lowest BCUT2D eigenvalue weighted by Crippen LogP contribution is -2.28. The Kier molecular flexibility index (Phi) is 4.40. The maximum Gasteiger partial charge on any atom is 0.0840 e. The first-order valence-corrected chi connectivity index (χ1v) is 4.97. The van der Waals surface area contributed by atoms with Crippen LogP contribution in [0.4, 0.5) is 0 Å². The molecule has 1 heterocycles. The highest BCUT2D eigenvalue weighted by molar-refractivity contribution is 6.00. The van der Waals surface area contributed by atoms with Gasteiger partial charge in [-0.1, -0.05) is 17.3 Å². The number of oxime groups is 1. The monoisotopic (exact) mass is 194 g/mol. The van der Waals surface area contributed by atoms with Crippen molar-refractivity contribution in [1.29, 1.82) is 0 Å². The van der Waals surface area contributed by atoms with E-state index in [1.165, 1.54) is 0 Å². The predicted molar refractivity (Wildman–Crippen MR) is 58.8 cm³/mol. The third-order valence-corrected chi connectivity index (χ3v) is 2.42. The summed E-state index contributed by atoms with van der Waals surface area (Å²) in [5.74, 6) is 0. The molecule has 0 atom stereocenters. The van der Waals surface area contributed by atoms with Gasteiger partial charge in [-0.25, -0.2) is 0 Å². The Balaban J connectivity index is 2.60. The van der Waals surface area contributed by atoms with Crippen molar-refractivity contribution in [3.63, 3.8) is 0 Å². The van der Waals surface area contributed by atoms with Gasteiger partial charge in [-0.05, 0) is 31.9 Å². The zero-order valence-electron chi connectivity index (χ0n) is 8.74. The molecule has 0 aliphatic carbocycles. The van der Waals surface area contributed by atoms with Gasteiger partial charge in [-0.3, -0.25) is 0 Å². The Morgan fingerprint density at radius 3 is 3.14 bits per heavy atom. The Morgan fingerprint density at radius 2 is 2.57 bits per heavy atom. The third kappa shape index (κ3) is 3.00. The minimum atomic E-state index is 0.777. The molecular weight excluding hydrogens is 176 g/mol. The van der Waals surface area contributed by atoms with E-state index < -0.39 is 0 Å². The number of allylic oxidation sites excluding steroid dienone is 1. The molecule has 1 aliphatic rings. The van der Waals surface area contributed by atoms with Crippen LogP contribution in [0.3, 0.4) is 0 Å². The quantitative estimate of drug-likeness (QED) is 0.322. The maximum absolute atomic E-state index is 8.89. The molecule has 3 nitrogen and oxygen atoms in total. The van der Waals surface area contributed by atoms with Crippen LogP contribution in [-0.2, 0) is 0 Å². The molecule has 0 unspecified atom stereocenters. The minimum absolute atomic E-state index is 0.777. The highest BCUT2D eigenvalue weighted by atomic mass is 16.4. The van der Waals surface area contributed by atoms with Gasteiger partial charge in [0.05, 0.1) is 5.71 Å². The molecule has 3 heteroatoms. The topological polar surface area (TPSA) is 35.8 Å². The van der Waals surface area contributed by atoms with E-state index in [9.17, 15) is 0 Å². The second-order valence-electron chi connectivity index (χ2n) is 3.63. The zero-order chi connectivity index (χ0) is 10.4. The summed E-state index contributed by atoms with van der Waals surface area (Å²) in [6, 6.07) is 0. The summed E-state index contributed by atoms with van der Waals surface area (Å²) < 4.78 is 0. The van der Waals surface area contributed by atoms with Crippen molar-refractivity contribution in [2.75, 3.05) is 20.1 Å². The average molecular weight is 194 g/mol. The molecule has 0 bridgehead atoms. The van der Waals surface area contributed by atoms with Gasteiger partial charge in [0, 0.05) is 13.1 Å². The van der Waals surface area contributed by atoms with Gasteiger partial charge in [0.2, 0.25) is 0 Å². The van der Waals surface area contributed by atoms with Crippen molar-refractivity contribution in [1.82, 2.24) is 4.90 Å². The van der Waals surface area contributed by atoms with E-state index in [-0.39, 0.29) is 0 Å². The summed E-state index contributed by atoms with van der Waals surface area (Å²) in [5, 5.41) is 12.2. The standard InChI is InChI=1S/C11H18N2O/c1-3-4-7-11(12-14)10-6-5-8-13(2)9-10/h3,6,14H,1,4-5,7-9H2,2H3. The summed E-state index contributed by atoms with van der Waals surface area (Å²) in [5.41, 5.74) is 1.96. The Labute approximate surface area is 85.4 Å². The molecule has 1 rings (SSSR count). The zero-order valence-corrected chi connectivity index (χ0v) is 8.74. The maximum atomic E-state index is 8.89. The molecule has 0 aromatic rings. The first kappa shape index (κ1) is 11.0. The van der Waals surface area contributed by atoms with Gasteiger partial charge >= 0.3 is 0 Å². The van der Waals surface area contributed by atoms with E-state index in [4.69, 9.17) is 5.21 Å². The van der Waals surface area contributed by atoms with E-state index in [2.05, 4.69) is 29.8 Å². The van der Waals surface area contributed by atoms with Crippen molar-refractivity contribution in [2.45, 2.75) is 19.3 Å². The molecular formula is C11H18N2O. The molecule has 14 heavy (non-hydrogen) atoms. The smallest absolute Gasteiger partial charge is 0.0840 e. The molecule has 0 saturated heterocycles. The van der Waals surface area contributed by atoms with Crippen LogP contribution < -0.4 is 0 Å². The molecule has 0 spiro atoms. The van der Waals surface area contributed by atoms with Crippen molar-refractivity contribution in [3.8, 4) is 0 Å². The lowest BCUT2D eigenvalue weighted by molar-refractivity contribution is 0.315. The summed E-state index contributed by atoms with van der Waals surface area (Å²) in [6.07, 6.45) is 6.69.